The molecule has 1 aromatic rings. The molecule has 1 rings (SSSR count). The molecular weight excluding hydrogens is 314 g/mol. The van der Waals surface area contributed by atoms with Crippen LogP contribution in [0.15, 0.2) is 12.3 Å². The molecule has 3 N–H and O–H groups in total. The summed E-state index contributed by atoms with van der Waals surface area (Å²) in [6.07, 6.45) is 0.503. The first-order valence-corrected chi connectivity index (χ1v) is 7.76. The number of aryl methyl sites for hydroxylation is 1. The summed E-state index contributed by atoms with van der Waals surface area (Å²) in [6, 6.07) is 1.30. The zero-order chi connectivity index (χ0) is 18.3. The number of nitrogens with zero attached hydrogens (tertiary/aromatic N) is 2. The van der Waals surface area contributed by atoms with Crippen LogP contribution < -0.4 is 16.1 Å². The molecule has 0 saturated heterocycles. The van der Waals surface area contributed by atoms with E-state index in [4.69, 9.17) is 9.57 Å². The Labute approximate surface area is 142 Å². The van der Waals surface area contributed by atoms with Crippen LogP contribution in [0.25, 0.3) is 0 Å². The number of carbonyl (C=O) groups is 2. The SMILES string of the molecule is CC(C)C(CNC(=O)Nc1ccnn1C)ONC(=O)OC(C)(C)C. The van der Waals surface area contributed by atoms with E-state index in [1.807, 2.05) is 13.8 Å². The molecule has 9 heteroatoms. The highest BCUT2D eigenvalue weighted by molar-refractivity contribution is 5.88. The molecule has 9 nitrogen and oxygen atoms in total. The fourth-order valence-corrected chi connectivity index (χ4v) is 1.69. The van der Waals surface area contributed by atoms with Crippen molar-refractivity contribution in [2.75, 3.05) is 11.9 Å². The average Bonchev–Trinajstić information content (AvgIpc) is 2.81. The van der Waals surface area contributed by atoms with Crippen LogP contribution in [0.1, 0.15) is 34.6 Å². The van der Waals surface area contributed by atoms with Crippen molar-refractivity contribution in [2.45, 2.75) is 46.3 Å². The third-order valence-electron chi connectivity index (χ3n) is 2.96. The first kappa shape index (κ1) is 19.8. The number of nitrogens with one attached hydrogen (secondary N) is 3. The monoisotopic (exact) mass is 341 g/mol. The molecule has 0 radical (unpaired) electrons. The van der Waals surface area contributed by atoms with E-state index in [9.17, 15) is 9.59 Å². The number of ether oxygens (including phenoxy) is 1. The Morgan fingerprint density at radius 3 is 2.50 bits per heavy atom. The summed E-state index contributed by atoms with van der Waals surface area (Å²) in [5.74, 6) is 0.637. The standard InChI is InChI=1S/C15H27N5O4/c1-10(2)11(24-19-14(22)23-15(3,4)5)9-16-13(21)18-12-7-8-17-20(12)6/h7-8,10-11H,9H2,1-6H3,(H,19,22)(H2,16,18,21). The van der Waals surface area contributed by atoms with Crippen molar-refractivity contribution in [3.05, 3.63) is 12.3 Å². The molecule has 1 aromatic heterocycles. The van der Waals surface area contributed by atoms with Crippen LogP contribution in [0.5, 0.6) is 0 Å². The second kappa shape index (κ2) is 8.53. The van der Waals surface area contributed by atoms with Crippen LogP contribution in [0, 0.1) is 5.92 Å². The summed E-state index contributed by atoms with van der Waals surface area (Å²) in [4.78, 5) is 28.8. The highest BCUT2D eigenvalue weighted by atomic mass is 16.7. The van der Waals surface area contributed by atoms with Gasteiger partial charge in [0.1, 0.15) is 17.5 Å². The Morgan fingerprint density at radius 2 is 2.00 bits per heavy atom. The first-order valence-electron chi connectivity index (χ1n) is 7.76. The number of carbonyl (C=O) groups excluding carboxylic acids is 2. The van der Waals surface area contributed by atoms with Crippen molar-refractivity contribution in [1.29, 1.82) is 0 Å². The van der Waals surface area contributed by atoms with Gasteiger partial charge in [-0.1, -0.05) is 13.8 Å². The van der Waals surface area contributed by atoms with Crippen LogP contribution in [0.2, 0.25) is 0 Å². The van der Waals surface area contributed by atoms with Gasteiger partial charge in [0.05, 0.1) is 6.20 Å². The highest BCUT2D eigenvalue weighted by Crippen LogP contribution is 2.08. The molecule has 0 saturated carbocycles. The third kappa shape index (κ3) is 7.32. The van der Waals surface area contributed by atoms with Crippen LogP contribution in [0.3, 0.4) is 0 Å². The Morgan fingerprint density at radius 1 is 1.33 bits per heavy atom. The fraction of sp³-hybridized carbons (Fsp3) is 0.667. The molecule has 0 bridgehead atoms. The number of rotatable bonds is 6. The summed E-state index contributed by atoms with van der Waals surface area (Å²) in [5.41, 5.74) is 1.64. The first-order chi connectivity index (χ1) is 11.1. The molecule has 0 spiro atoms. The topological polar surface area (TPSA) is 107 Å². The fourth-order valence-electron chi connectivity index (χ4n) is 1.69. The van der Waals surface area contributed by atoms with Crippen molar-refractivity contribution in [3.8, 4) is 0 Å². The maximum absolute atomic E-state index is 11.9. The van der Waals surface area contributed by atoms with Gasteiger partial charge in [0.25, 0.3) is 0 Å². The van der Waals surface area contributed by atoms with Gasteiger partial charge in [-0.15, -0.1) is 0 Å². The van der Waals surface area contributed by atoms with Gasteiger partial charge in [0.15, 0.2) is 0 Å². The van der Waals surface area contributed by atoms with E-state index in [-0.39, 0.29) is 18.5 Å². The van der Waals surface area contributed by atoms with E-state index in [2.05, 4.69) is 21.2 Å². The van der Waals surface area contributed by atoms with E-state index < -0.39 is 17.8 Å². The van der Waals surface area contributed by atoms with Crippen LogP contribution in [-0.2, 0) is 16.6 Å². The number of amides is 3. The summed E-state index contributed by atoms with van der Waals surface area (Å²) in [5, 5.41) is 9.32. The second-order valence-corrected chi connectivity index (χ2v) is 6.68. The normalized spacial score (nSPS) is 12.6. The molecule has 0 aromatic carbocycles. The molecule has 136 valence electrons. The van der Waals surface area contributed by atoms with Gasteiger partial charge >= 0.3 is 12.1 Å². The molecule has 0 aliphatic carbocycles. The lowest BCUT2D eigenvalue weighted by Gasteiger charge is -2.24. The Kier molecular flexibility index (Phi) is 7.02. The Balaban J connectivity index is 2.41. The molecule has 1 atom stereocenters. The molecule has 0 fully saturated rings. The van der Waals surface area contributed by atoms with Gasteiger partial charge in [-0.05, 0) is 26.7 Å². The van der Waals surface area contributed by atoms with E-state index in [1.165, 1.54) is 0 Å². The second-order valence-electron chi connectivity index (χ2n) is 6.68. The molecule has 1 heterocycles. The Bertz CT molecular complexity index is 550. The van der Waals surface area contributed by atoms with Crippen molar-refractivity contribution in [1.82, 2.24) is 20.6 Å². The predicted molar refractivity (Wildman–Crippen MR) is 89.3 cm³/mol. The molecule has 1 unspecified atom stereocenters. The molecule has 3 amide bonds. The maximum atomic E-state index is 11.9. The third-order valence-corrected chi connectivity index (χ3v) is 2.96. The minimum atomic E-state index is -0.674. The summed E-state index contributed by atoms with van der Waals surface area (Å²) >= 11 is 0. The van der Waals surface area contributed by atoms with Gasteiger partial charge < -0.3 is 10.1 Å². The number of hydrogen-bond acceptors (Lipinski definition) is 5. The predicted octanol–water partition coefficient (Wildman–Crippen LogP) is 2.02. The van der Waals surface area contributed by atoms with Crippen LogP contribution >= 0.6 is 0 Å². The largest absolute Gasteiger partial charge is 0.442 e. The zero-order valence-electron chi connectivity index (χ0n) is 15.0. The number of hydroxylamine groups is 1. The van der Waals surface area contributed by atoms with E-state index >= 15 is 0 Å². The van der Waals surface area contributed by atoms with E-state index in [0.29, 0.717) is 5.82 Å². The minimum Gasteiger partial charge on any atom is -0.442 e. The molecular formula is C15H27N5O4. The van der Waals surface area contributed by atoms with Crippen LogP contribution in [0.4, 0.5) is 15.4 Å². The van der Waals surface area contributed by atoms with Crippen molar-refractivity contribution >= 4 is 17.9 Å². The van der Waals surface area contributed by atoms with E-state index in [1.54, 1.807) is 44.8 Å². The summed E-state index contributed by atoms with van der Waals surface area (Å²) < 4.78 is 6.63. The number of anilines is 1. The summed E-state index contributed by atoms with van der Waals surface area (Å²) in [7, 11) is 1.72. The van der Waals surface area contributed by atoms with Gasteiger partial charge in [-0.3, -0.25) is 14.8 Å². The van der Waals surface area contributed by atoms with E-state index in [0.717, 1.165) is 0 Å². The molecule has 0 aliphatic rings. The van der Waals surface area contributed by atoms with Gasteiger partial charge in [0.2, 0.25) is 0 Å². The van der Waals surface area contributed by atoms with Gasteiger partial charge in [0, 0.05) is 19.7 Å². The smallest absolute Gasteiger partial charge is 0.431 e. The minimum absolute atomic E-state index is 0.0666. The lowest BCUT2D eigenvalue weighted by molar-refractivity contribution is -0.0557. The number of aromatic nitrogens is 2. The molecule has 24 heavy (non-hydrogen) atoms. The number of hydrogen-bond donors (Lipinski definition) is 3. The van der Waals surface area contributed by atoms with Crippen molar-refractivity contribution in [2.24, 2.45) is 13.0 Å². The zero-order valence-corrected chi connectivity index (χ0v) is 15.0. The van der Waals surface area contributed by atoms with Crippen LogP contribution in [-0.4, -0.2) is 40.2 Å². The highest BCUT2D eigenvalue weighted by Gasteiger charge is 2.20. The van der Waals surface area contributed by atoms with Gasteiger partial charge in [-0.2, -0.15) is 10.6 Å². The maximum Gasteiger partial charge on any atom is 0.431 e. The quantitative estimate of drug-likeness (QED) is 0.686. The molecule has 0 aliphatic heterocycles. The van der Waals surface area contributed by atoms with Gasteiger partial charge in [-0.25, -0.2) is 9.59 Å². The lowest BCUT2D eigenvalue weighted by Crippen LogP contribution is -2.43. The lowest BCUT2D eigenvalue weighted by atomic mass is 10.1. The van der Waals surface area contributed by atoms with Crippen molar-refractivity contribution < 1.29 is 19.2 Å². The average molecular weight is 341 g/mol. The summed E-state index contributed by atoms with van der Waals surface area (Å²) in [6.45, 7) is 9.34. The van der Waals surface area contributed by atoms with Crippen molar-refractivity contribution in [3.63, 3.8) is 0 Å². The Hall–Kier alpha value is -2.29. The number of urea groups is 1.